The van der Waals surface area contributed by atoms with Crippen molar-refractivity contribution in [2.75, 3.05) is 16.8 Å². The Morgan fingerprint density at radius 2 is 1.88 bits per heavy atom. The Morgan fingerprint density at radius 3 is 2.60 bits per heavy atom. The molecule has 7 heteroatoms. The van der Waals surface area contributed by atoms with E-state index in [2.05, 4.69) is 15.5 Å². The number of aryl methyl sites for hydroxylation is 1. The number of para-hydroxylation sites is 1. The second-order valence-electron chi connectivity index (χ2n) is 5.64. The quantitative estimate of drug-likeness (QED) is 0.544. The highest BCUT2D eigenvalue weighted by Crippen LogP contribution is 2.23. The fraction of sp³-hybridized carbons (Fsp3) is 0.167. The zero-order chi connectivity index (χ0) is 17.8. The Bertz CT molecular complexity index is 889. The molecule has 1 amide bonds. The van der Waals surface area contributed by atoms with Crippen molar-refractivity contribution in [2.24, 2.45) is 7.05 Å². The maximum atomic E-state index is 12.2. The number of thioether (sulfide) groups is 1. The lowest BCUT2D eigenvalue weighted by atomic mass is 10.2. The van der Waals surface area contributed by atoms with E-state index in [-0.39, 0.29) is 11.7 Å². The molecule has 0 aliphatic carbocycles. The summed E-state index contributed by atoms with van der Waals surface area (Å²) in [6, 6.07) is 15.1. The highest BCUT2D eigenvalue weighted by Gasteiger charge is 2.13. The van der Waals surface area contributed by atoms with Crippen molar-refractivity contribution >= 4 is 29.0 Å². The third kappa shape index (κ3) is 4.00. The summed E-state index contributed by atoms with van der Waals surface area (Å²) in [5.41, 5.74) is 9.20. The number of hydrogen-bond donors (Lipinski definition) is 2. The van der Waals surface area contributed by atoms with Gasteiger partial charge in [-0.25, -0.2) is 0 Å². The Balaban J connectivity index is 1.65. The normalized spacial score (nSPS) is 10.6. The summed E-state index contributed by atoms with van der Waals surface area (Å²) < 4.78 is 1.87. The van der Waals surface area contributed by atoms with Crippen molar-refractivity contribution in [3.05, 3.63) is 54.1 Å². The summed E-state index contributed by atoms with van der Waals surface area (Å²) in [6.07, 6.45) is 0. The maximum absolute atomic E-state index is 12.2. The lowest BCUT2D eigenvalue weighted by molar-refractivity contribution is -0.113. The van der Waals surface area contributed by atoms with Gasteiger partial charge in [0.15, 0.2) is 11.0 Å². The molecule has 0 bridgehead atoms. The first kappa shape index (κ1) is 17.0. The van der Waals surface area contributed by atoms with Crippen LogP contribution < -0.4 is 11.1 Å². The number of nitrogens with two attached hydrogens (primary N) is 1. The lowest BCUT2D eigenvalue weighted by Gasteiger charge is -2.08. The smallest absolute Gasteiger partial charge is 0.234 e. The molecule has 25 heavy (non-hydrogen) atoms. The van der Waals surface area contributed by atoms with Crippen molar-refractivity contribution in [3.8, 4) is 11.4 Å². The second kappa shape index (κ2) is 7.40. The highest BCUT2D eigenvalue weighted by atomic mass is 32.2. The van der Waals surface area contributed by atoms with E-state index in [1.54, 1.807) is 0 Å². The minimum atomic E-state index is -0.0728. The van der Waals surface area contributed by atoms with Gasteiger partial charge in [0.05, 0.1) is 5.75 Å². The molecule has 0 aliphatic heterocycles. The van der Waals surface area contributed by atoms with E-state index < -0.39 is 0 Å². The summed E-state index contributed by atoms with van der Waals surface area (Å²) >= 11 is 1.35. The van der Waals surface area contributed by atoms with Gasteiger partial charge in [0.25, 0.3) is 0 Å². The number of nitrogens with one attached hydrogen (secondary N) is 1. The van der Waals surface area contributed by atoms with Crippen LogP contribution in [0, 0.1) is 6.92 Å². The molecule has 0 atom stereocenters. The predicted octanol–water partition coefficient (Wildman–Crippen LogP) is 3.10. The summed E-state index contributed by atoms with van der Waals surface area (Å²) in [5, 5.41) is 12.0. The van der Waals surface area contributed by atoms with Crippen LogP contribution in [-0.2, 0) is 11.8 Å². The zero-order valence-electron chi connectivity index (χ0n) is 14.1. The van der Waals surface area contributed by atoms with E-state index in [0.717, 1.165) is 22.6 Å². The Hall–Kier alpha value is -2.80. The number of amides is 1. The van der Waals surface area contributed by atoms with E-state index >= 15 is 0 Å². The van der Waals surface area contributed by atoms with Gasteiger partial charge in [0.2, 0.25) is 5.91 Å². The molecule has 1 heterocycles. The number of carbonyl (C=O) groups is 1. The molecular formula is C18H19N5OS. The monoisotopic (exact) mass is 353 g/mol. The van der Waals surface area contributed by atoms with Crippen LogP contribution in [0.2, 0.25) is 0 Å². The molecule has 0 unspecified atom stereocenters. The average Bonchev–Trinajstić information content (AvgIpc) is 2.97. The highest BCUT2D eigenvalue weighted by molar-refractivity contribution is 7.99. The number of benzene rings is 2. The number of anilines is 2. The van der Waals surface area contributed by atoms with E-state index in [0.29, 0.717) is 10.8 Å². The van der Waals surface area contributed by atoms with E-state index in [9.17, 15) is 4.79 Å². The van der Waals surface area contributed by atoms with Gasteiger partial charge in [0, 0.05) is 24.0 Å². The molecule has 0 saturated heterocycles. The molecule has 6 nitrogen and oxygen atoms in total. The molecule has 0 fully saturated rings. The maximum Gasteiger partial charge on any atom is 0.234 e. The third-order valence-corrected chi connectivity index (χ3v) is 4.78. The molecule has 0 radical (unpaired) electrons. The third-order valence-electron chi connectivity index (χ3n) is 3.76. The zero-order valence-corrected chi connectivity index (χ0v) is 14.9. The first-order valence-electron chi connectivity index (χ1n) is 7.78. The fourth-order valence-corrected chi connectivity index (χ4v) is 3.06. The van der Waals surface area contributed by atoms with Crippen LogP contribution in [0.25, 0.3) is 11.4 Å². The van der Waals surface area contributed by atoms with Crippen LogP contribution in [0.5, 0.6) is 0 Å². The predicted molar refractivity (Wildman–Crippen MR) is 101 cm³/mol. The summed E-state index contributed by atoms with van der Waals surface area (Å²) in [5.74, 6) is 0.931. The standard InChI is InChI=1S/C18H19N5OS/c1-12-5-3-4-6-15(12)20-16(24)11-25-18-22-21-17(23(18)2)13-7-9-14(19)10-8-13/h3-10H,11,19H2,1-2H3,(H,20,24). The number of aromatic nitrogens is 3. The number of nitrogens with zero attached hydrogens (tertiary/aromatic N) is 3. The van der Waals surface area contributed by atoms with Gasteiger partial charge < -0.3 is 15.6 Å². The first-order chi connectivity index (χ1) is 12.0. The molecule has 0 saturated carbocycles. The number of hydrogen-bond acceptors (Lipinski definition) is 5. The van der Waals surface area contributed by atoms with Gasteiger partial charge >= 0.3 is 0 Å². The molecule has 0 aliphatic rings. The fourth-order valence-electron chi connectivity index (χ4n) is 2.35. The molecule has 0 spiro atoms. The topological polar surface area (TPSA) is 85.8 Å². The van der Waals surface area contributed by atoms with Crippen LogP contribution in [-0.4, -0.2) is 26.4 Å². The minimum absolute atomic E-state index is 0.0728. The van der Waals surface area contributed by atoms with Crippen molar-refractivity contribution in [1.29, 1.82) is 0 Å². The van der Waals surface area contributed by atoms with Gasteiger partial charge in [-0.05, 0) is 42.8 Å². The molecule has 3 N–H and O–H groups in total. The summed E-state index contributed by atoms with van der Waals surface area (Å²) in [7, 11) is 1.88. The Labute approximate surface area is 150 Å². The van der Waals surface area contributed by atoms with E-state index in [4.69, 9.17) is 5.73 Å². The number of carbonyl (C=O) groups excluding carboxylic acids is 1. The molecule has 3 aromatic rings. The van der Waals surface area contributed by atoms with Gasteiger partial charge in [-0.15, -0.1) is 10.2 Å². The largest absolute Gasteiger partial charge is 0.399 e. The first-order valence-corrected chi connectivity index (χ1v) is 8.77. The van der Waals surface area contributed by atoms with Gasteiger partial charge in [-0.2, -0.15) is 0 Å². The Kier molecular flexibility index (Phi) is 5.04. The molecule has 1 aromatic heterocycles. The van der Waals surface area contributed by atoms with Crippen LogP contribution in [0.4, 0.5) is 11.4 Å². The van der Waals surface area contributed by atoms with Crippen molar-refractivity contribution in [3.63, 3.8) is 0 Å². The molecule has 128 valence electrons. The van der Waals surface area contributed by atoms with Crippen molar-refractivity contribution in [1.82, 2.24) is 14.8 Å². The number of nitrogen functional groups attached to an aromatic ring is 1. The van der Waals surface area contributed by atoms with Gasteiger partial charge in [-0.3, -0.25) is 4.79 Å². The lowest BCUT2D eigenvalue weighted by Crippen LogP contribution is -2.15. The van der Waals surface area contributed by atoms with Gasteiger partial charge in [-0.1, -0.05) is 30.0 Å². The van der Waals surface area contributed by atoms with Crippen molar-refractivity contribution in [2.45, 2.75) is 12.1 Å². The van der Waals surface area contributed by atoms with Gasteiger partial charge in [0.1, 0.15) is 0 Å². The van der Waals surface area contributed by atoms with Crippen LogP contribution in [0.3, 0.4) is 0 Å². The van der Waals surface area contributed by atoms with Crippen LogP contribution in [0.1, 0.15) is 5.56 Å². The molecular weight excluding hydrogens is 334 g/mol. The molecule has 3 rings (SSSR count). The molecule has 2 aromatic carbocycles. The van der Waals surface area contributed by atoms with Crippen LogP contribution >= 0.6 is 11.8 Å². The van der Waals surface area contributed by atoms with E-state index in [1.165, 1.54) is 11.8 Å². The number of rotatable bonds is 5. The minimum Gasteiger partial charge on any atom is -0.399 e. The van der Waals surface area contributed by atoms with E-state index in [1.807, 2.05) is 67.1 Å². The Morgan fingerprint density at radius 1 is 1.16 bits per heavy atom. The van der Waals surface area contributed by atoms with Crippen molar-refractivity contribution < 1.29 is 4.79 Å². The summed E-state index contributed by atoms with van der Waals surface area (Å²) in [6.45, 7) is 1.96. The SMILES string of the molecule is Cc1ccccc1NC(=O)CSc1nnc(-c2ccc(N)cc2)n1C. The van der Waals surface area contributed by atoms with Crippen LogP contribution in [0.15, 0.2) is 53.7 Å². The second-order valence-corrected chi connectivity index (χ2v) is 6.58. The average molecular weight is 353 g/mol. The summed E-state index contributed by atoms with van der Waals surface area (Å²) in [4.78, 5) is 12.2.